The molecule has 0 atom stereocenters. The highest BCUT2D eigenvalue weighted by molar-refractivity contribution is 7.14. The molecule has 0 fully saturated rings. The minimum absolute atomic E-state index is 0.947. The number of aromatic nitrogens is 3. The molecule has 4 heteroatoms. The normalized spacial score (nSPS) is 10.2. The number of hydrogen-bond acceptors (Lipinski definition) is 4. The largest absolute Gasteiger partial charge is 0.265 e. The smallest absolute Gasteiger partial charge is 0.147 e. The van der Waals surface area contributed by atoms with Crippen molar-refractivity contribution in [3.63, 3.8) is 0 Å². The molecule has 3 nitrogen and oxygen atoms in total. The lowest BCUT2D eigenvalue weighted by Crippen LogP contribution is -1.77. The molecule has 0 saturated carbocycles. The zero-order valence-corrected chi connectivity index (χ0v) is 8.08. The van der Waals surface area contributed by atoms with Crippen LogP contribution in [0.3, 0.4) is 0 Å². The molecule has 0 unspecified atom stereocenters. The van der Waals surface area contributed by atoms with Crippen molar-refractivity contribution in [3.8, 4) is 10.6 Å². The number of aryl methyl sites for hydroxylation is 1. The van der Waals surface area contributed by atoms with Crippen LogP contribution >= 0.6 is 11.3 Å². The summed E-state index contributed by atoms with van der Waals surface area (Å²) in [4.78, 5) is 3.95. The van der Waals surface area contributed by atoms with E-state index in [9.17, 15) is 0 Å². The summed E-state index contributed by atoms with van der Waals surface area (Å²) in [5.41, 5.74) is 1.09. The first-order chi connectivity index (χ1) is 6.40. The van der Waals surface area contributed by atoms with Crippen LogP contribution in [0.25, 0.3) is 10.6 Å². The van der Waals surface area contributed by atoms with Crippen LogP contribution in [0.4, 0.5) is 0 Å². The molecule has 0 aromatic carbocycles. The molecular weight excluding hydrogens is 182 g/mol. The van der Waals surface area contributed by atoms with Gasteiger partial charge in [0, 0.05) is 18.0 Å². The molecule has 0 radical (unpaired) electrons. The Kier molecular flexibility index (Phi) is 2.31. The van der Waals surface area contributed by atoms with Crippen LogP contribution < -0.4 is 0 Å². The van der Waals surface area contributed by atoms with Gasteiger partial charge in [0.25, 0.3) is 0 Å². The summed E-state index contributed by atoms with van der Waals surface area (Å²) in [5.74, 6) is 0. The minimum atomic E-state index is 0.947. The standard InChI is InChI=1S/C9H9N3S/c1-2-8-11-12-9(13-8)7-3-5-10-6-4-7/h3-6H,2H2,1H3. The van der Waals surface area contributed by atoms with Crippen LogP contribution in [0.1, 0.15) is 11.9 Å². The third-order valence-electron chi connectivity index (χ3n) is 1.70. The van der Waals surface area contributed by atoms with Crippen LogP contribution in [0.5, 0.6) is 0 Å². The van der Waals surface area contributed by atoms with Crippen molar-refractivity contribution < 1.29 is 0 Å². The van der Waals surface area contributed by atoms with Gasteiger partial charge in [-0.15, -0.1) is 10.2 Å². The summed E-state index contributed by atoms with van der Waals surface area (Å²) >= 11 is 1.64. The van der Waals surface area contributed by atoms with Gasteiger partial charge in [-0.25, -0.2) is 0 Å². The fourth-order valence-corrected chi connectivity index (χ4v) is 1.79. The molecule has 2 aromatic heterocycles. The summed E-state index contributed by atoms with van der Waals surface area (Å²) in [5, 5.41) is 10.2. The summed E-state index contributed by atoms with van der Waals surface area (Å²) in [6, 6.07) is 3.89. The third-order valence-corrected chi connectivity index (χ3v) is 2.81. The Labute approximate surface area is 80.5 Å². The molecule has 2 rings (SSSR count). The van der Waals surface area contributed by atoms with E-state index in [1.165, 1.54) is 0 Å². The molecule has 2 aromatic rings. The van der Waals surface area contributed by atoms with Crippen molar-refractivity contribution in [1.82, 2.24) is 15.2 Å². The van der Waals surface area contributed by atoms with Crippen molar-refractivity contribution in [2.75, 3.05) is 0 Å². The van der Waals surface area contributed by atoms with Crippen molar-refractivity contribution >= 4 is 11.3 Å². The van der Waals surface area contributed by atoms with E-state index in [0.717, 1.165) is 22.0 Å². The lowest BCUT2D eigenvalue weighted by atomic mass is 10.3. The molecule has 66 valence electrons. The van der Waals surface area contributed by atoms with E-state index in [2.05, 4.69) is 22.1 Å². The highest BCUT2D eigenvalue weighted by atomic mass is 32.1. The van der Waals surface area contributed by atoms with Gasteiger partial charge in [0.05, 0.1) is 0 Å². The Hall–Kier alpha value is -1.29. The molecule has 2 heterocycles. The van der Waals surface area contributed by atoms with Gasteiger partial charge in [-0.3, -0.25) is 4.98 Å². The van der Waals surface area contributed by atoms with Crippen LogP contribution in [0, 0.1) is 0 Å². The molecule has 0 N–H and O–H groups in total. The van der Waals surface area contributed by atoms with Gasteiger partial charge >= 0.3 is 0 Å². The Bertz CT molecular complexity index is 383. The maximum atomic E-state index is 4.10. The Morgan fingerprint density at radius 2 is 2.00 bits per heavy atom. The second-order valence-corrected chi connectivity index (χ2v) is 3.65. The summed E-state index contributed by atoms with van der Waals surface area (Å²) in [6.45, 7) is 2.08. The number of nitrogens with zero attached hydrogens (tertiary/aromatic N) is 3. The van der Waals surface area contributed by atoms with E-state index in [-0.39, 0.29) is 0 Å². The number of pyridine rings is 1. The van der Waals surface area contributed by atoms with E-state index < -0.39 is 0 Å². The van der Waals surface area contributed by atoms with Crippen LogP contribution in [-0.2, 0) is 6.42 Å². The monoisotopic (exact) mass is 191 g/mol. The Morgan fingerprint density at radius 1 is 1.23 bits per heavy atom. The van der Waals surface area contributed by atoms with Gasteiger partial charge in [-0.05, 0) is 18.6 Å². The van der Waals surface area contributed by atoms with E-state index in [0.29, 0.717) is 0 Å². The lowest BCUT2D eigenvalue weighted by Gasteiger charge is -1.90. The highest BCUT2D eigenvalue weighted by Crippen LogP contribution is 2.22. The first-order valence-electron chi connectivity index (χ1n) is 4.13. The second kappa shape index (κ2) is 3.62. The SMILES string of the molecule is CCc1nnc(-c2ccncc2)s1. The van der Waals surface area contributed by atoms with Crippen LogP contribution in [-0.4, -0.2) is 15.2 Å². The lowest BCUT2D eigenvalue weighted by molar-refractivity contribution is 0.986. The number of hydrogen-bond donors (Lipinski definition) is 0. The molecule has 0 saturated heterocycles. The van der Waals surface area contributed by atoms with Crippen molar-refractivity contribution in [2.24, 2.45) is 0 Å². The van der Waals surface area contributed by atoms with Crippen LogP contribution in [0.2, 0.25) is 0 Å². The van der Waals surface area contributed by atoms with E-state index in [4.69, 9.17) is 0 Å². The highest BCUT2D eigenvalue weighted by Gasteiger charge is 2.03. The van der Waals surface area contributed by atoms with Crippen molar-refractivity contribution in [3.05, 3.63) is 29.5 Å². The predicted octanol–water partition coefficient (Wildman–Crippen LogP) is 2.16. The molecule has 0 spiro atoms. The maximum Gasteiger partial charge on any atom is 0.147 e. The molecule has 0 aliphatic rings. The topological polar surface area (TPSA) is 38.7 Å². The molecule has 0 aliphatic carbocycles. The molecular formula is C9H9N3S. The van der Waals surface area contributed by atoms with Gasteiger partial charge < -0.3 is 0 Å². The fourth-order valence-electron chi connectivity index (χ4n) is 1.01. The number of rotatable bonds is 2. The average Bonchev–Trinajstić information content (AvgIpc) is 2.67. The quantitative estimate of drug-likeness (QED) is 0.730. The summed E-state index contributed by atoms with van der Waals surface area (Å²) in [6.07, 6.45) is 4.48. The molecule has 0 amide bonds. The Morgan fingerprint density at radius 3 is 2.62 bits per heavy atom. The van der Waals surface area contributed by atoms with Gasteiger partial charge in [-0.2, -0.15) is 0 Å². The predicted molar refractivity (Wildman–Crippen MR) is 52.5 cm³/mol. The van der Waals surface area contributed by atoms with E-state index in [1.807, 2.05) is 12.1 Å². The zero-order chi connectivity index (χ0) is 9.10. The summed E-state index contributed by atoms with van der Waals surface area (Å²) in [7, 11) is 0. The summed E-state index contributed by atoms with van der Waals surface area (Å²) < 4.78 is 0. The van der Waals surface area contributed by atoms with Crippen molar-refractivity contribution in [2.45, 2.75) is 13.3 Å². The van der Waals surface area contributed by atoms with Gasteiger partial charge in [0.1, 0.15) is 10.0 Å². The Balaban J connectivity index is 2.36. The second-order valence-electron chi connectivity index (χ2n) is 2.59. The minimum Gasteiger partial charge on any atom is -0.265 e. The average molecular weight is 191 g/mol. The molecule has 0 bridgehead atoms. The third kappa shape index (κ3) is 1.72. The first-order valence-corrected chi connectivity index (χ1v) is 4.94. The maximum absolute atomic E-state index is 4.10. The van der Waals surface area contributed by atoms with Gasteiger partial charge in [-0.1, -0.05) is 18.3 Å². The fraction of sp³-hybridized carbons (Fsp3) is 0.222. The van der Waals surface area contributed by atoms with Crippen LogP contribution in [0.15, 0.2) is 24.5 Å². The zero-order valence-electron chi connectivity index (χ0n) is 7.27. The first kappa shape index (κ1) is 8.31. The van der Waals surface area contributed by atoms with E-state index in [1.54, 1.807) is 23.7 Å². The molecule has 0 aliphatic heterocycles. The molecule has 13 heavy (non-hydrogen) atoms. The van der Waals surface area contributed by atoms with Crippen molar-refractivity contribution in [1.29, 1.82) is 0 Å². The van der Waals surface area contributed by atoms with Gasteiger partial charge in [0.15, 0.2) is 0 Å². The van der Waals surface area contributed by atoms with E-state index >= 15 is 0 Å². The van der Waals surface area contributed by atoms with Gasteiger partial charge in [0.2, 0.25) is 0 Å².